The van der Waals surface area contributed by atoms with Crippen LogP contribution in [-0.2, 0) is 6.42 Å². The Morgan fingerprint density at radius 3 is 2.83 bits per heavy atom. The minimum atomic E-state index is -0.0588. The van der Waals surface area contributed by atoms with Crippen LogP contribution in [0.5, 0.6) is 0 Å². The molecule has 0 aliphatic carbocycles. The van der Waals surface area contributed by atoms with Crippen molar-refractivity contribution in [2.45, 2.75) is 32.2 Å². The van der Waals surface area contributed by atoms with E-state index in [0.29, 0.717) is 5.52 Å². The molecule has 1 fully saturated rings. The highest BCUT2D eigenvalue weighted by atomic mass is 16.1. The average Bonchev–Trinajstić information content (AvgIpc) is 3.44. The SMILES string of the molecule is CCc1cncnc1N1CCCC1c1nn2cccc2c(=O)n1-c1ccccc1. The zero-order valence-corrected chi connectivity index (χ0v) is 16.3. The Kier molecular flexibility index (Phi) is 4.35. The summed E-state index contributed by atoms with van der Waals surface area (Å²) in [7, 11) is 0. The molecule has 0 radical (unpaired) electrons. The van der Waals surface area contributed by atoms with Crippen LogP contribution >= 0.6 is 0 Å². The Hall–Kier alpha value is -3.48. The fourth-order valence-corrected chi connectivity index (χ4v) is 4.19. The van der Waals surface area contributed by atoms with Crippen molar-refractivity contribution < 1.29 is 0 Å². The Morgan fingerprint density at radius 2 is 2.00 bits per heavy atom. The molecular formula is C22H22N6O. The van der Waals surface area contributed by atoms with Crippen molar-refractivity contribution in [3.8, 4) is 5.69 Å². The van der Waals surface area contributed by atoms with Gasteiger partial charge in [-0.2, -0.15) is 5.10 Å². The maximum absolute atomic E-state index is 13.4. The molecule has 4 aromatic rings. The lowest BCUT2D eigenvalue weighted by atomic mass is 10.1. The number of aromatic nitrogens is 5. The van der Waals surface area contributed by atoms with E-state index < -0.39 is 0 Å². The molecule has 1 saturated heterocycles. The molecule has 0 bridgehead atoms. The van der Waals surface area contributed by atoms with E-state index in [2.05, 4.69) is 21.8 Å². The van der Waals surface area contributed by atoms with Crippen molar-refractivity contribution in [2.24, 2.45) is 0 Å². The maximum atomic E-state index is 13.4. The van der Waals surface area contributed by atoms with Crippen LogP contribution in [-0.4, -0.2) is 30.7 Å². The molecule has 0 spiro atoms. The Bertz CT molecular complexity index is 1210. The highest BCUT2D eigenvalue weighted by Gasteiger charge is 2.33. The van der Waals surface area contributed by atoms with Crippen molar-refractivity contribution >= 4 is 11.3 Å². The third-order valence-corrected chi connectivity index (χ3v) is 5.57. The Labute approximate surface area is 168 Å². The molecule has 0 saturated carbocycles. The van der Waals surface area contributed by atoms with Gasteiger partial charge in [0.25, 0.3) is 5.56 Å². The fourth-order valence-electron chi connectivity index (χ4n) is 4.19. The first-order valence-corrected chi connectivity index (χ1v) is 9.99. The molecule has 4 heterocycles. The number of hydrogen-bond donors (Lipinski definition) is 0. The summed E-state index contributed by atoms with van der Waals surface area (Å²) in [6.07, 6.45) is 8.10. The lowest BCUT2D eigenvalue weighted by Crippen LogP contribution is -2.33. The number of aryl methyl sites for hydroxylation is 1. The van der Waals surface area contributed by atoms with Gasteiger partial charge in [0, 0.05) is 24.5 Å². The molecule has 1 atom stereocenters. The number of para-hydroxylation sites is 1. The number of nitrogens with zero attached hydrogens (tertiary/aromatic N) is 6. The van der Waals surface area contributed by atoms with Gasteiger partial charge in [0.05, 0.1) is 11.7 Å². The van der Waals surface area contributed by atoms with E-state index in [4.69, 9.17) is 5.10 Å². The second-order valence-electron chi connectivity index (χ2n) is 7.25. The first kappa shape index (κ1) is 17.6. The molecule has 1 aliphatic rings. The van der Waals surface area contributed by atoms with E-state index in [1.165, 1.54) is 0 Å². The van der Waals surface area contributed by atoms with Crippen molar-refractivity contribution in [1.82, 2.24) is 24.1 Å². The van der Waals surface area contributed by atoms with E-state index in [1.807, 2.05) is 54.9 Å². The highest BCUT2D eigenvalue weighted by molar-refractivity contribution is 5.51. The van der Waals surface area contributed by atoms with E-state index >= 15 is 0 Å². The van der Waals surface area contributed by atoms with E-state index in [0.717, 1.165) is 48.7 Å². The summed E-state index contributed by atoms with van der Waals surface area (Å²) in [4.78, 5) is 24.4. The normalized spacial score (nSPS) is 16.6. The van der Waals surface area contributed by atoms with Crippen molar-refractivity contribution in [2.75, 3.05) is 11.4 Å². The van der Waals surface area contributed by atoms with Gasteiger partial charge in [0.1, 0.15) is 17.7 Å². The van der Waals surface area contributed by atoms with E-state index in [9.17, 15) is 4.79 Å². The van der Waals surface area contributed by atoms with Crippen molar-refractivity contribution in [3.63, 3.8) is 0 Å². The lowest BCUT2D eigenvalue weighted by molar-refractivity contribution is 0.599. The van der Waals surface area contributed by atoms with Crippen LogP contribution in [0.1, 0.15) is 37.2 Å². The third-order valence-electron chi connectivity index (χ3n) is 5.57. The molecule has 1 aliphatic heterocycles. The standard InChI is InChI=1S/C22H22N6O/c1-2-16-14-23-15-24-20(16)26-12-6-10-18(26)21-25-27-13-7-11-19(27)22(29)28(21)17-8-4-3-5-9-17/h3-5,7-9,11,13-15,18H,2,6,10,12H2,1H3. The second kappa shape index (κ2) is 7.16. The topological polar surface area (TPSA) is 68.3 Å². The molecule has 7 heteroatoms. The summed E-state index contributed by atoms with van der Waals surface area (Å²) in [5.74, 6) is 1.68. The van der Waals surface area contributed by atoms with Gasteiger partial charge in [-0.3, -0.25) is 9.36 Å². The van der Waals surface area contributed by atoms with Crippen molar-refractivity contribution in [3.05, 3.63) is 82.9 Å². The quantitative estimate of drug-likeness (QED) is 0.539. The molecule has 0 N–H and O–H groups in total. The van der Waals surface area contributed by atoms with Gasteiger partial charge in [0.15, 0.2) is 5.82 Å². The second-order valence-corrected chi connectivity index (χ2v) is 7.25. The molecule has 146 valence electrons. The van der Waals surface area contributed by atoms with Gasteiger partial charge < -0.3 is 4.90 Å². The highest BCUT2D eigenvalue weighted by Crippen LogP contribution is 2.36. The van der Waals surface area contributed by atoms with Crippen LogP contribution in [0.4, 0.5) is 5.82 Å². The Morgan fingerprint density at radius 1 is 1.14 bits per heavy atom. The first-order chi connectivity index (χ1) is 14.3. The maximum Gasteiger partial charge on any atom is 0.282 e. The minimum Gasteiger partial charge on any atom is -0.346 e. The molecule has 5 rings (SSSR count). The summed E-state index contributed by atoms with van der Waals surface area (Å²) < 4.78 is 3.44. The molecule has 7 nitrogen and oxygen atoms in total. The molecule has 1 aromatic carbocycles. The monoisotopic (exact) mass is 386 g/mol. The molecular weight excluding hydrogens is 364 g/mol. The van der Waals surface area contributed by atoms with Crippen molar-refractivity contribution in [1.29, 1.82) is 0 Å². The van der Waals surface area contributed by atoms with Gasteiger partial charge in [-0.15, -0.1) is 0 Å². The van der Waals surface area contributed by atoms with Crippen LogP contribution in [0.15, 0.2) is 66.0 Å². The largest absolute Gasteiger partial charge is 0.346 e. The molecule has 29 heavy (non-hydrogen) atoms. The first-order valence-electron chi connectivity index (χ1n) is 9.99. The number of fused-ring (bicyclic) bond motifs is 1. The lowest BCUT2D eigenvalue weighted by Gasteiger charge is -2.28. The predicted molar refractivity (Wildman–Crippen MR) is 112 cm³/mol. The number of benzene rings is 1. The molecule has 3 aromatic heterocycles. The number of rotatable bonds is 4. The summed E-state index contributed by atoms with van der Waals surface area (Å²) in [6, 6.07) is 13.4. The van der Waals surface area contributed by atoms with Crippen LogP contribution in [0.2, 0.25) is 0 Å². The Balaban J connectivity index is 1.73. The molecule has 0 amide bonds. The van der Waals surface area contributed by atoms with Crippen LogP contribution in [0.25, 0.3) is 11.2 Å². The summed E-state index contributed by atoms with van der Waals surface area (Å²) in [5, 5.41) is 4.88. The smallest absolute Gasteiger partial charge is 0.282 e. The van der Waals surface area contributed by atoms with Gasteiger partial charge in [-0.25, -0.2) is 14.5 Å². The number of hydrogen-bond acceptors (Lipinski definition) is 5. The van der Waals surface area contributed by atoms with E-state index in [1.54, 1.807) is 15.4 Å². The van der Waals surface area contributed by atoms with E-state index in [-0.39, 0.29) is 11.6 Å². The number of anilines is 1. The zero-order chi connectivity index (χ0) is 19.8. The average molecular weight is 386 g/mol. The van der Waals surface area contributed by atoms with Crippen LogP contribution in [0.3, 0.4) is 0 Å². The summed E-state index contributed by atoms with van der Waals surface area (Å²) in [6.45, 7) is 2.99. The summed E-state index contributed by atoms with van der Waals surface area (Å²) in [5.41, 5.74) is 2.44. The van der Waals surface area contributed by atoms with Gasteiger partial charge in [-0.1, -0.05) is 25.1 Å². The zero-order valence-electron chi connectivity index (χ0n) is 16.3. The summed E-state index contributed by atoms with van der Waals surface area (Å²) >= 11 is 0. The fraction of sp³-hybridized carbons (Fsp3) is 0.273. The van der Waals surface area contributed by atoms with Crippen LogP contribution in [0, 0.1) is 0 Å². The third kappa shape index (κ3) is 2.90. The predicted octanol–water partition coefficient (Wildman–Crippen LogP) is 3.18. The van der Waals surface area contributed by atoms with Gasteiger partial charge >= 0.3 is 0 Å². The minimum absolute atomic E-state index is 0.0325. The van der Waals surface area contributed by atoms with Crippen LogP contribution < -0.4 is 10.5 Å². The molecule has 1 unspecified atom stereocenters. The van der Waals surface area contributed by atoms with Gasteiger partial charge in [0.2, 0.25) is 0 Å². The van der Waals surface area contributed by atoms with Gasteiger partial charge in [-0.05, 0) is 43.5 Å².